The zero-order valence-corrected chi connectivity index (χ0v) is 12.9. The molecule has 2 aromatic rings. The summed E-state index contributed by atoms with van der Waals surface area (Å²) >= 11 is 0. The van der Waals surface area contributed by atoms with Crippen molar-refractivity contribution in [3.63, 3.8) is 0 Å². The number of aromatic nitrogens is 1. The van der Waals surface area contributed by atoms with Crippen LogP contribution in [0.3, 0.4) is 0 Å². The SMILES string of the molecule is CC(CN(C)C)NC(=O)C(N)Cc1c[nH]c2ccccc12. The molecule has 2 rings (SSSR count). The monoisotopic (exact) mass is 288 g/mol. The van der Waals surface area contributed by atoms with Gasteiger partial charge in [0.1, 0.15) is 0 Å². The number of rotatable bonds is 6. The second-order valence-electron chi connectivity index (χ2n) is 5.84. The Morgan fingerprint density at radius 2 is 2.10 bits per heavy atom. The number of benzene rings is 1. The Hall–Kier alpha value is -1.85. The predicted molar refractivity (Wildman–Crippen MR) is 86.1 cm³/mol. The number of para-hydroxylation sites is 1. The number of fused-ring (bicyclic) bond motifs is 1. The summed E-state index contributed by atoms with van der Waals surface area (Å²) in [5.41, 5.74) is 8.19. The molecule has 4 N–H and O–H groups in total. The molecule has 1 heterocycles. The molecule has 2 unspecified atom stereocenters. The van der Waals surface area contributed by atoms with Crippen LogP contribution < -0.4 is 11.1 Å². The van der Waals surface area contributed by atoms with Crippen LogP contribution in [-0.2, 0) is 11.2 Å². The summed E-state index contributed by atoms with van der Waals surface area (Å²) in [6.07, 6.45) is 2.46. The van der Waals surface area contributed by atoms with E-state index in [4.69, 9.17) is 5.73 Å². The minimum absolute atomic E-state index is 0.0847. The fourth-order valence-electron chi connectivity index (χ4n) is 2.57. The summed E-state index contributed by atoms with van der Waals surface area (Å²) < 4.78 is 0. The number of hydrogen-bond acceptors (Lipinski definition) is 3. The molecule has 5 nitrogen and oxygen atoms in total. The van der Waals surface area contributed by atoms with Gasteiger partial charge in [0.25, 0.3) is 0 Å². The Labute approximate surface area is 125 Å². The number of amides is 1. The molecular weight excluding hydrogens is 264 g/mol. The number of likely N-dealkylation sites (N-methyl/N-ethyl adjacent to an activating group) is 1. The summed E-state index contributed by atoms with van der Waals surface area (Å²) in [5, 5.41) is 4.08. The third kappa shape index (κ3) is 4.06. The highest BCUT2D eigenvalue weighted by Crippen LogP contribution is 2.18. The minimum Gasteiger partial charge on any atom is -0.361 e. The standard InChI is InChI=1S/C16H24N4O/c1-11(10-20(2)3)19-16(21)14(17)8-12-9-18-15-7-5-4-6-13(12)15/h4-7,9,11,14,18H,8,10,17H2,1-3H3,(H,19,21). The highest BCUT2D eigenvalue weighted by Gasteiger charge is 2.18. The normalized spacial score (nSPS) is 14.3. The molecule has 0 saturated carbocycles. The van der Waals surface area contributed by atoms with Crippen molar-refractivity contribution >= 4 is 16.8 Å². The molecule has 0 spiro atoms. The first-order valence-electron chi connectivity index (χ1n) is 7.23. The third-order valence-corrected chi connectivity index (χ3v) is 3.48. The van der Waals surface area contributed by atoms with E-state index in [1.807, 2.05) is 56.4 Å². The van der Waals surface area contributed by atoms with Gasteiger partial charge in [-0.2, -0.15) is 0 Å². The summed E-state index contributed by atoms with van der Waals surface area (Å²) in [4.78, 5) is 17.4. The van der Waals surface area contributed by atoms with Crippen molar-refractivity contribution in [2.45, 2.75) is 25.4 Å². The maximum atomic E-state index is 12.1. The zero-order valence-electron chi connectivity index (χ0n) is 12.9. The largest absolute Gasteiger partial charge is 0.361 e. The molecule has 2 atom stereocenters. The molecule has 1 aromatic carbocycles. The minimum atomic E-state index is -0.534. The number of carbonyl (C=O) groups is 1. The van der Waals surface area contributed by atoms with E-state index >= 15 is 0 Å². The van der Waals surface area contributed by atoms with Gasteiger partial charge in [0.2, 0.25) is 5.91 Å². The molecule has 0 radical (unpaired) electrons. The molecule has 0 aliphatic carbocycles. The van der Waals surface area contributed by atoms with Crippen molar-refractivity contribution in [3.8, 4) is 0 Å². The number of H-pyrrole nitrogens is 1. The number of nitrogens with one attached hydrogen (secondary N) is 2. The Bertz CT molecular complexity index is 605. The molecule has 0 fully saturated rings. The van der Waals surface area contributed by atoms with Crippen LogP contribution in [0.15, 0.2) is 30.5 Å². The fourth-order valence-corrected chi connectivity index (χ4v) is 2.57. The summed E-state index contributed by atoms with van der Waals surface area (Å²) in [6, 6.07) is 7.59. The van der Waals surface area contributed by atoms with Crippen LogP contribution in [0, 0.1) is 0 Å². The van der Waals surface area contributed by atoms with Crippen molar-refractivity contribution < 1.29 is 4.79 Å². The van der Waals surface area contributed by atoms with Crippen LogP contribution in [0.2, 0.25) is 0 Å². The summed E-state index contributed by atoms with van der Waals surface area (Å²) in [7, 11) is 3.96. The number of nitrogens with two attached hydrogens (primary N) is 1. The summed E-state index contributed by atoms with van der Waals surface area (Å²) in [5.74, 6) is -0.102. The topological polar surface area (TPSA) is 74.2 Å². The van der Waals surface area contributed by atoms with Gasteiger partial charge in [0, 0.05) is 29.7 Å². The molecule has 114 valence electrons. The van der Waals surface area contributed by atoms with Gasteiger partial charge in [-0.05, 0) is 39.1 Å². The lowest BCUT2D eigenvalue weighted by molar-refractivity contribution is -0.123. The van der Waals surface area contributed by atoms with E-state index in [1.54, 1.807) is 0 Å². The molecule has 21 heavy (non-hydrogen) atoms. The van der Waals surface area contributed by atoms with Gasteiger partial charge in [-0.25, -0.2) is 0 Å². The molecule has 1 amide bonds. The lowest BCUT2D eigenvalue weighted by Crippen LogP contribution is -2.48. The summed E-state index contributed by atoms with van der Waals surface area (Å²) in [6.45, 7) is 2.78. The predicted octanol–water partition coefficient (Wildman–Crippen LogP) is 1.10. The molecule has 1 aromatic heterocycles. The van der Waals surface area contributed by atoms with E-state index in [9.17, 15) is 4.79 Å². The van der Waals surface area contributed by atoms with Crippen molar-refractivity contribution in [2.24, 2.45) is 5.73 Å². The molecule has 0 saturated heterocycles. The van der Waals surface area contributed by atoms with E-state index in [0.717, 1.165) is 23.0 Å². The Kier molecular flexibility index (Phi) is 4.98. The van der Waals surface area contributed by atoms with Crippen LogP contribution >= 0.6 is 0 Å². The van der Waals surface area contributed by atoms with Crippen LogP contribution in [0.5, 0.6) is 0 Å². The zero-order chi connectivity index (χ0) is 15.4. The van der Waals surface area contributed by atoms with Gasteiger partial charge >= 0.3 is 0 Å². The maximum Gasteiger partial charge on any atom is 0.237 e. The molecule has 0 bridgehead atoms. The average molecular weight is 288 g/mol. The fraction of sp³-hybridized carbons (Fsp3) is 0.438. The van der Waals surface area contributed by atoms with Crippen molar-refractivity contribution in [1.82, 2.24) is 15.2 Å². The highest BCUT2D eigenvalue weighted by atomic mass is 16.2. The van der Waals surface area contributed by atoms with E-state index in [-0.39, 0.29) is 11.9 Å². The van der Waals surface area contributed by atoms with Crippen LogP contribution in [0.25, 0.3) is 10.9 Å². The van der Waals surface area contributed by atoms with Gasteiger partial charge < -0.3 is 20.9 Å². The number of nitrogens with zero attached hydrogens (tertiary/aromatic N) is 1. The first-order chi connectivity index (χ1) is 9.97. The average Bonchev–Trinajstić information content (AvgIpc) is 2.81. The number of aromatic amines is 1. The van der Waals surface area contributed by atoms with Gasteiger partial charge in [-0.15, -0.1) is 0 Å². The highest BCUT2D eigenvalue weighted by molar-refractivity contribution is 5.86. The Balaban J connectivity index is 1.97. The lowest BCUT2D eigenvalue weighted by atomic mass is 10.0. The second kappa shape index (κ2) is 6.74. The lowest BCUT2D eigenvalue weighted by Gasteiger charge is -2.20. The van der Waals surface area contributed by atoms with Gasteiger partial charge in [-0.3, -0.25) is 4.79 Å². The van der Waals surface area contributed by atoms with E-state index in [1.165, 1.54) is 0 Å². The van der Waals surface area contributed by atoms with Crippen molar-refractivity contribution in [1.29, 1.82) is 0 Å². The van der Waals surface area contributed by atoms with E-state index in [0.29, 0.717) is 6.42 Å². The first kappa shape index (κ1) is 15.5. The molecule has 0 aliphatic heterocycles. The first-order valence-corrected chi connectivity index (χ1v) is 7.23. The maximum absolute atomic E-state index is 12.1. The third-order valence-electron chi connectivity index (χ3n) is 3.48. The quantitative estimate of drug-likeness (QED) is 0.745. The smallest absolute Gasteiger partial charge is 0.237 e. The Morgan fingerprint density at radius 1 is 1.38 bits per heavy atom. The van der Waals surface area contributed by atoms with Crippen molar-refractivity contribution in [2.75, 3.05) is 20.6 Å². The Morgan fingerprint density at radius 3 is 2.81 bits per heavy atom. The second-order valence-corrected chi connectivity index (χ2v) is 5.84. The van der Waals surface area contributed by atoms with Crippen LogP contribution in [0.1, 0.15) is 12.5 Å². The van der Waals surface area contributed by atoms with Gasteiger partial charge in [-0.1, -0.05) is 18.2 Å². The molecular formula is C16H24N4O. The number of hydrogen-bond donors (Lipinski definition) is 3. The van der Waals surface area contributed by atoms with Gasteiger partial charge in [0.15, 0.2) is 0 Å². The van der Waals surface area contributed by atoms with E-state index in [2.05, 4.69) is 10.3 Å². The van der Waals surface area contributed by atoms with Crippen LogP contribution in [-0.4, -0.2) is 48.5 Å². The van der Waals surface area contributed by atoms with Gasteiger partial charge in [0.05, 0.1) is 6.04 Å². The number of carbonyl (C=O) groups excluding carboxylic acids is 1. The molecule has 0 aliphatic rings. The van der Waals surface area contributed by atoms with Crippen LogP contribution in [0.4, 0.5) is 0 Å². The molecule has 5 heteroatoms. The van der Waals surface area contributed by atoms with E-state index < -0.39 is 6.04 Å². The van der Waals surface area contributed by atoms with Crippen molar-refractivity contribution in [3.05, 3.63) is 36.0 Å².